The van der Waals surface area contributed by atoms with Crippen molar-refractivity contribution >= 4 is 12.0 Å². The van der Waals surface area contributed by atoms with Gasteiger partial charge in [-0.2, -0.15) is 0 Å². The Hall–Kier alpha value is -4.34. The molecule has 1 fully saturated rings. The molecule has 1 aromatic heterocycles. The van der Waals surface area contributed by atoms with Crippen molar-refractivity contribution in [2.75, 3.05) is 26.5 Å². The van der Waals surface area contributed by atoms with Crippen LogP contribution < -0.4 is 19.5 Å². The van der Waals surface area contributed by atoms with Crippen LogP contribution in [0.15, 0.2) is 60.9 Å². The number of rotatable bonds is 7. The lowest BCUT2D eigenvalue weighted by Gasteiger charge is -2.39. The highest BCUT2D eigenvalue weighted by molar-refractivity contribution is 5.94. The van der Waals surface area contributed by atoms with E-state index in [-0.39, 0.29) is 37.3 Å². The summed E-state index contributed by atoms with van der Waals surface area (Å²) in [5.41, 5.74) is 0.965. The van der Waals surface area contributed by atoms with Crippen LogP contribution in [0, 0.1) is 11.7 Å². The van der Waals surface area contributed by atoms with Crippen LogP contribution in [0.5, 0.6) is 17.2 Å². The van der Waals surface area contributed by atoms with Gasteiger partial charge >= 0.3 is 6.09 Å². The second kappa shape index (κ2) is 12.0. The van der Waals surface area contributed by atoms with E-state index in [9.17, 15) is 14.0 Å². The summed E-state index contributed by atoms with van der Waals surface area (Å²) in [6.07, 6.45) is 3.50. The number of amides is 2. The lowest BCUT2D eigenvalue weighted by atomic mass is 9.80. The first-order chi connectivity index (χ1) is 19.7. The normalized spacial score (nSPS) is 18.1. The molecule has 2 aliphatic rings. The number of aromatic nitrogens is 1. The van der Waals surface area contributed by atoms with Gasteiger partial charge in [-0.3, -0.25) is 9.78 Å². The molecule has 0 unspecified atom stereocenters. The Bertz CT molecular complexity index is 1390. The smallest absolute Gasteiger partial charge is 0.410 e. The molecule has 0 spiro atoms. The van der Waals surface area contributed by atoms with Gasteiger partial charge in [0.2, 0.25) is 6.79 Å². The van der Waals surface area contributed by atoms with E-state index in [2.05, 4.69) is 10.3 Å². The molecule has 2 aliphatic heterocycles. The van der Waals surface area contributed by atoms with Gasteiger partial charge in [-0.05, 0) is 74.6 Å². The average molecular weight is 564 g/mol. The maximum absolute atomic E-state index is 14.8. The van der Waals surface area contributed by atoms with Gasteiger partial charge < -0.3 is 29.2 Å². The number of ether oxygens (including phenoxy) is 4. The van der Waals surface area contributed by atoms with E-state index in [0.29, 0.717) is 36.8 Å². The third-order valence-corrected chi connectivity index (χ3v) is 7.03. The molecule has 10 heteroatoms. The van der Waals surface area contributed by atoms with Gasteiger partial charge in [0.25, 0.3) is 5.91 Å². The van der Waals surface area contributed by atoms with E-state index >= 15 is 0 Å². The first-order valence-corrected chi connectivity index (χ1v) is 13.6. The summed E-state index contributed by atoms with van der Waals surface area (Å²) < 4.78 is 37.5. The second-order valence-corrected chi connectivity index (χ2v) is 11.2. The Balaban J connectivity index is 1.34. The summed E-state index contributed by atoms with van der Waals surface area (Å²) in [6.45, 7) is 7.01. The van der Waals surface area contributed by atoms with Crippen LogP contribution in [0.1, 0.15) is 54.6 Å². The molecule has 2 amide bonds. The topological polar surface area (TPSA) is 99.2 Å². The van der Waals surface area contributed by atoms with Crippen LogP contribution in [0.2, 0.25) is 0 Å². The van der Waals surface area contributed by atoms with Crippen LogP contribution in [-0.4, -0.2) is 54.0 Å². The molecular weight excluding hydrogens is 529 g/mol. The molecule has 0 aliphatic carbocycles. The maximum Gasteiger partial charge on any atom is 0.410 e. The fourth-order valence-electron chi connectivity index (χ4n) is 5.03. The zero-order valence-corrected chi connectivity index (χ0v) is 23.4. The second-order valence-electron chi connectivity index (χ2n) is 11.2. The Labute approximate surface area is 238 Å². The molecule has 3 heterocycles. The van der Waals surface area contributed by atoms with Crippen molar-refractivity contribution in [1.29, 1.82) is 0 Å². The Morgan fingerprint density at radius 2 is 1.95 bits per heavy atom. The van der Waals surface area contributed by atoms with Crippen LogP contribution in [0.25, 0.3) is 0 Å². The Kier molecular flexibility index (Phi) is 8.28. The van der Waals surface area contributed by atoms with E-state index in [1.807, 2.05) is 26.8 Å². The predicted molar refractivity (Wildman–Crippen MR) is 149 cm³/mol. The Morgan fingerprint density at radius 3 is 2.73 bits per heavy atom. The number of benzene rings is 2. The third kappa shape index (κ3) is 7.06. The van der Waals surface area contributed by atoms with Gasteiger partial charge in [0.15, 0.2) is 11.5 Å². The molecule has 3 aromatic rings. The third-order valence-electron chi connectivity index (χ3n) is 7.03. The SMILES string of the molecule is CC(C)(C)OC(=O)N1CC[C@@H](c2ccc(F)c(C(=O)NCc3cccnc3)c2)[C@H](COc2ccc3c(c2)OCO3)C1. The Morgan fingerprint density at radius 1 is 1.12 bits per heavy atom. The van der Waals surface area contributed by atoms with Gasteiger partial charge in [-0.25, -0.2) is 9.18 Å². The van der Waals surface area contributed by atoms with E-state index < -0.39 is 23.4 Å². The summed E-state index contributed by atoms with van der Waals surface area (Å²) in [4.78, 5) is 31.6. The fourth-order valence-corrected chi connectivity index (χ4v) is 5.03. The minimum absolute atomic E-state index is 0.0311. The number of fused-ring (bicyclic) bond motifs is 1. The number of likely N-dealkylation sites (tertiary alicyclic amines) is 1. The quantitative estimate of drug-likeness (QED) is 0.417. The van der Waals surface area contributed by atoms with Gasteiger partial charge in [0.1, 0.15) is 17.2 Å². The molecule has 9 nitrogen and oxygen atoms in total. The number of carbonyl (C=O) groups is 2. The first kappa shape index (κ1) is 28.2. The number of hydrogen-bond acceptors (Lipinski definition) is 7. The summed E-state index contributed by atoms with van der Waals surface area (Å²) in [5, 5.41) is 2.77. The molecule has 0 radical (unpaired) electrons. The number of nitrogens with zero attached hydrogens (tertiary/aromatic N) is 2. The molecule has 41 heavy (non-hydrogen) atoms. The van der Waals surface area contributed by atoms with Crippen LogP contribution in [-0.2, 0) is 11.3 Å². The number of piperidine rings is 1. The summed E-state index contributed by atoms with van der Waals surface area (Å²) in [6, 6.07) is 13.6. The zero-order chi connectivity index (χ0) is 29.0. The molecule has 216 valence electrons. The minimum atomic E-state index is -0.624. The van der Waals surface area contributed by atoms with Crippen LogP contribution in [0.3, 0.4) is 0 Å². The van der Waals surface area contributed by atoms with Crippen molar-refractivity contribution in [3.63, 3.8) is 0 Å². The van der Waals surface area contributed by atoms with E-state index in [1.165, 1.54) is 6.07 Å². The molecular formula is C31H34FN3O6. The highest BCUT2D eigenvalue weighted by Crippen LogP contribution is 2.38. The van der Waals surface area contributed by atoms with Gasteiger partial charge in [-0.1, -0.05) is 12.1 Å². The van der Waals surface area contributed by atoms with E-state index in [1.54, 1.807) is 53.7 Å². The number of nitrogens with one attached hydrogen (secondary N) is 1. The van der Waals surface area contributed by atoms with Crippen LogP contribution >= 0.6 is 0 Å². The van der Waals surface area contributed by atoms with Crippen molar-refractivity contribution < 1.29 is 32.9 Å². The molecule has 0 saturated carbocycles. The van der Waals surface area contributed by atoms with Gasteiger partial charge in [-0.15, -0.1) is 0 Å². The lowest BCUT2D eigenvalue weighted by molar-refractivity contribution is 0.0111. The summed E-state index contributed by atoms with van der Waals surface area (Å²) in [5.74, 6) is 0.524. The number of carbonyl (C=O) groups excluding carboxylic acids is 2. The average Bonchev–Trinajstić information content (AvgIpc) is 3.43. The maximum atomic E-state index is 14.8. The lowest BCUT2D eigenvalue weighted by Crippen LogP contribution is -2.46. The molecule has 0 bridgehead atoms. The first-order valence-electron chi connectivity index (χ1n) is 13.6. The molecule has 2 atom stereocenters. The molecule has 1 saturated heterocycles. The van der Waals surface area contributed by atoms with E-state index in [4.69, 9.17) is 18.9 Å². The van der Waals surface area contributed by atoms with Crippen molar-refractivity contribution in [2.45, 2.75) is 45.3 Å². The molecule has 1 N–H and O–H groups in total. The van der Waals surface area contributed by atoms with Crippen molar-refractivity contribution in [1.82, 2.24) is 15.2 Å². The summed E-state index contributed by atoms with van der Waals surface area (Å²) >= 11 is 0. The molecule has 5 rings (SSSR count). The predicted octanol–water partition coefficient (Wildman–Crippen LogP) is 5.30. The monoisotopic (exact) mass is 563 g/mol. The highest BCUT2D eigenvalue weighted by Gasteiger charge is 2.35. The summed E-state index contributed by atoms with van der Waals surface area (Å²) in [7, 11) is 0. The molecule has 2 aromatic carbocycles. The van der Waals surface area contributed by atoms with Gasteiger partial charge in [0, 0.05) is 44.0 Å². The number of hydrogen-bond donors (Lipinski definition) is 1. The number of halogens is 1. The zero-order valence-electron chi connectivity index (χ0n) is 23.4. The van der Waals surface area contributed by atoms with Crippen molar-refractivity contribution in [3.05, 3.63) is 83.4 Å². The van der Waals surface area contributed by atoms with Crippen molar-refractivity contribution in [3.8, 4) is 17.2 Å². The fraction of sp³-hybridized carbons (Fsp3) is 0.387. The standard InChI is InChI=1S/C31H34FN3O6/c1-31(2,3)41-30(37)35-12-10-24(22(17-35)18-38-23-7-9-27-28(14-23)40-19-39-27)21-6-8-26(32)25(13-21)29(36)34-16-20-5-4-11-33-15-20/h4-9,11,13-15,22,24H,10,12,16-19H2,1-3H3,(H,34,36)/t22-,24-/m0/s1. The number of pyridine rings is 1. The van der Waals surface area contributed by atoms with E-state index in [0.717, 1.165) is 11.1 Å². The highest BCUT2D eigenvalue weighted by atomic mass is 19.1. The largest absolute Gasteiger partial charge is 0.493 e. The van der Waals surface area contributed by atoms with Gasteiger partial charge in [0.05, 0.1) is 12.2 Å². The van der Waals surface area contributed by atoms with Crippen LogP contribution in [0.4, 0.5) is 9.18 Å². The minimum Gasteiger partial charge on any atom is -0.493 e. The van der Waals surface area contributed by atoms with Crippen molar-refractivity contribution in [2.24, 2.45) is 5.92 Å².